The summed E-state index contributed by atoms with van der Waals surface area (Å²) in [4.78, 5) is 4.37. The fourth-order valence-electron chi connectivity index (χ4n) is 2.99. The fourth-order valence-corrected chi connectivity index (χ4v) is 2.99. The van der Waals surface area contributed by atoms with E-state index >= 15 is 0 Å². The third-order valence-corrected chi connectivity index (χ3v) is 4.32. The molecule has 0 radical (unpaired) electrons. The van der Waals surface area contributed by atoms with Crippen LogP contribution in [0.25, 0.3) is 22.2 Å². The van der Waals surface area contributed by atoms with Gasteiger partial charge < -0.3 is 14.2 Å². The van der Waals surface area contributed by atoms with Crippen LogP contribution >= 0.6 is 12.4 Å². The number of aromatic amines is 1. The van der Waals surface area contributed by atoms with Gasteiger partial charge in [-0.05, 0) is 43.7 Å². The maximum Gasteiger partial charge on any atom is 0.120 e. The second-order valence-electron chi connectivity index (χ2n) is 6.30. The lowest BCUT2D eigenvalue weighted by Gasteiger charge is -2.16. The van der Waals surface area contributed by atoms with Crippen molar-refractivity contribution < 1.29 is 14.2 Å². The van der Waals surface area contributed by atoms with E-state index in [-0.39, 0.29) is 24.6 Å². The zero-order valence-corrected chi connectivity index (χ0v) is 15.6. The van der Waals surface area contributed by atoms with Crippen molar-refractivity contribution in [1.82, 2.24) is 15.2 Å². The predicted octanol–water partition coefficient (Wildman–Crippen LogP) is 3.92. The Kier molecular flexibility index (Phi) is 5.76. The Morgan fingerprint density at radius 1 is 1.12 bits per heavy atom. The Bertz CT molecular complexity index is 883. The third kappa shape index (κ3) is 3.82. The van der Waals surface area contributed by atoms with Gasteiger partial charge in [-0.1, -0.05) is 0 Å². The normalized spacial score (nSPS) is 20.7. The first-order valence-electron chi connectivity index (χ1n) is 8.50. The number of nitrogens with one attached hydrogen (secondary N) is 1. The van der Waals surface area contributed by atoms with Crippen molar-refractivity contribution in [2.75, 3.05) is 19.8 Å². The maximum atomic E-state index is 5.97. The highest BCUT2D eigenvalue weighted by Crippen LogP contribution is 2.31. The zero-order valence-electron chi connectivity index (χ0n) is 14.8. The van der Waals surface area contributed by atoms with Gasteiger partial charge >= 0.3 is 0 Å². The first kappa shape index (κ1) is 18.6. The van der Waals surface area contributed by atoms with E-state index in [1.807, 2.05) is 44.4 Å². The van der Waals surface area contributed by atoms with Crippen LogP contribution < -0.4 is 4.74 Å². The lowest BCUT2D eigenvalue weighted by molar-refractivity contribution is -0.00706. The summed E-state index contributed by atoms with van der Waals surface area (Å²) in [5.74, 6) is 0.801. The molecule has 7 heteroatoms. The van der Waals surface area contributed by atoms with Crippen LogP contribution in [-0.4, -0.2) is 41.1 Å². The minimum Gasteiger partial charge on any atom is -0.488 e. The van der Waals surface area contributed by atoms with Crippen LogP contribution in [0.3, 0.4) is 0 Å². The van der Waals surface area contributed by atoms with E-state index in [2.05, 4.69) is 21.2 Å². The van der Waals surface area contributed by atoms with Gasteiger partial charge in [0.2, 0.25) is 0 Å². The Hall–Kier alpha value is -2.15. The number of H-pyrrole nitrogens is 1. The molecular formula is C19H22ClN3O3. The summed E-state index contributed by atoms with van der Waals surface area (Å²) in [6.45, 7) is 5.59. The molecule has 0 aliphatic carbocycles. The number of hydrogen-bond acceptors (Lipinski definition) is 5. The van der Waals surface area contributed by atoms with Crippen LogP contribution in [-0.2, 0) is 9.47 Å². The van der Waals surface area contributed by atoms with Crippen molar-refractivity contribution in [1.29, 1.82) is 0 Å². The molecule has 2 atom stereocenters. The first-order chi connectivity index (χ1) is 12.2. The van der Waals surface area contributed by atoms with Gasteiger partial charge in [0.1, 0.15) is 17.5 Å². The topological polar surface area (TPSA) is 69.3 Å². The largest absolute Gasteiger partial charge is 0.488 e. The number of halogens is 1. The maximum absolute atomic E-state index is 5.97. The molecule has 2 unspecified atom stereocenters. The minimum absolute atomic E-state index is 0. The van der Waals surface area contributed by atoms with Gasteiger partial charge in [-0.15, -0.1) is 12.4 Å². The molecule has 0 spiro atoms. The Balaban J connectivity index is 0.00000196. The predicted molar refractivity (Wildman–Crippen MR) is 102 cm³/mol. The number of nitrogens with zero attached hydrogens (tertiary/aromatic N) is 2. The number of benzene rings is 1. The molecule has 138 valence electrons. The van der Waals surface area contributed by atoms with Crippen molar-refractivity contribution in [2.45, 2.75) is 26.1 Å². The lowest BCUT2D eigenvalue weighted by Crippen LogP contribution is -2.20. The highest BCUT2D eigenvalue weighted by Gasteiger charge is 2.14. The first-order valence-corrected chi connectivity index (χ1v) is 8.50. The molecule has 0 saturated carbocycles. The molecule has 2 aromatic heterocycles. The summed E-state index contributed by atoms with van der Waals surface area (Å²) in [7, 11) is 0. The van der Waals surface area contributed by atoms with Crippen LogP contribution in [0.15, 0.2) is 36.7 Å². The van der Waals surface area contributed by atoms with E-state index in [1.165, 1.54) is 0 Å². The van der Waals surface area contributed by atoms with Crippen molar-refractivity contribution in [3.63, 3.8) is 0 Å². The number of pyridine rings is 1. The van der Waals surface area contributed by atoms with Crippen LogP contribution in [0.1, 0.15) is 25.5 Å². The number of hydrogen-bond donors (Lipinski definition) is 1. The van der Waals surface area contributed by atoms with Gasteiger partial charge in [-0.2, -0.15) is 5.10 Å². The van der Waals surface area contributed by atoms with Gasteiger partial charge in [-0.25, -0.2) is 0 Å². The van der Waals surface area contributed by atoms with Gasteiger partial charge in [0.25, 0.3) is 0 Å². The molecule has 1 aliphatic heterocycles. The Morgan fingerprint density at radius 2 is 2.00 bits per heavy atom. The molecule has 3 heterocycles. The SMILES string of the molecule is CC1COCCOC(C)c2cncc(c2)-c2n[nH]c3ccc(cc23)O1.Cl. The molecular weight excluding hydrogens is 354 g/mol. The molecule has 0 saturated heterocycles. The van der Waals surface area contributed by atoms with Gasteiger partial charge in [0, 0.05) is 23.3 Å². The number of rotatable bonds is 0. The minimum atomic E-state index is -0.0596. The zero-order chi connectivity index (χ0) is 17.2. The van der Waals surface area contributed by atoms with E-state index in [0.717, 1.165) is 33.5 Å². The molecule has 6 nitrogen and oxygen atoms in total. The molecule has 4 bridgehead atoms. The smallest absolute Gasteiger partial charge is 0.120 e. The molecule has 0 fully saturated rings. The summed E-state index contributed by atoms with van der Waals surface area (Å²) < 4.78 is 17.5. The summed E-state index contributed by atoms with van der Waals surface area (Å²) >= 11 is 0. The fraction of sp³-hybridized carbons (Fsp3) is 0.368. The van der Waals surface area contributed by atoms with Gasteiger partial charge in [-0.3, -0.25) is 10.1 Å². The summed E-state index contributed by atoms with van der Waals surface area (Å²) in [5, 5.41) is 8.56. The average Bonchev–Trinajstić information content (AvgIpc) is 3.04. The molecule has 26 heavy (non-hydrogen) atoms. The van der Waals surface area contributed by atoms with E-state index in [9.17, 15) is 0 Å². The summed E-state index contributed by atoms with van der Waals surface area (Å²) in [5.41, 5.74) is 3.80. The Labute approximate surface area is 158 Å². The van der Waals surface area contributed by atoms with Crippen molar-refractivity contribution in [3.8, 4) is 17.0 Å². The number of aromatic nitrogens is 3. The monoisotopic (exact) mass is 375 g/mol. The molecule has 1 N–H and O–H groups in total. The van der Waals surface area contributed by atoms with E-state index in [0.29, 0.717) is 19.8 Å². The summed E-state index contributed by atoms with van der Waals surface area (Å²) in [6.07, 6.45) is 3.55. The van der Waals surface area contributed by atoms with Crippen molar-refractivity contribution >= 4 is 23.3 Å². The third-order valence-electron chi connectivity index (χ3n) is 4.32. The standard InChI is InChI=1S/C19H21N3O3.ClH/c1-12-11-23-5-6-24-13(2)14-7-15(10-20-9-14)19-17-8-16(25-12)3-4-18(17)21-22-19;/h3-4,7-10,12-13H,5-6,11H2,1-2H3,(H,21,22);1H. The molecule has 3 aromatic rings. The van der Waals surface area contributed by atoms with Gasteiger partial charge in [0.05, 0.1) is 31.4 Å². The van der Waals surface area contributed by atoms with Gasteiger partial charge in [0.15, 0.2) is 0 Å². The summed E-state index contributed by atoms with van der Waals surface area (Å²) in [6, 6.07) is 8.01. The molecule has 0 amide bonds. The highest BCUT2D eigenvalue weighted by atomic mass is 35.5. The average molecular weight is 376 g/mol. The Morgan fingerprint density at radius 3 is 2.88 bits per heavy atom. The molecule has 1 aliphatic rings. The number of fused-ring (bicyclic) bond motifs is 4. The quantitative estimate of drug-likeness (QED) is 0.644. The second-order valence-corrected chi connectivity index (χ2v) is 6.30. The lowest BCUT2D eigenvalue weighted by atomic mass is 10.1. The highest BCUT2D eigenvalue weighted by molar-refractivity contribution is 5.93. The number of ether oxygens (including phenoxy) is 3. The van der Waals surface area contributed by atoms with Crippen molar-refractivity contribution in [3.05, 3.63) is 42.2 Å². The van der Waals surface area contributed by atoms with Crippen LogP contribution in [0.5, 0.6) is 5.75 Å². The molecule has 4 rings (SSSR count). The molecule has 1 aromatic carbocycles. The second kappa shape index (κ2) is 8.03. The van der Waals surface area contributed by atoms with Crippen molar-refractivity contribution in [2.24, 2.45) is 0 Å². The van der Waals surface area contributed by atoms with Crippen LogP contribution in [0, 0.1) is 0 Å². The van der Waals surface area contributed by atoms with E-state index in [4.69, 9.17) is 14.2 Å². The van der Waals surface area contributed by atoms with E-state index in [1.54, 1.807) is 0 Å². The van der Waals surface area contributed by atoms with Crippen LogP contribution in [0.4, 0.5) is 0 Å². The van der Waals surface area contributed by atoms with E-state index < -0.39 is 0 Å². The van der Waals surface area contributed by atoms with Crippen LogP contribution in [0.2, 0.25) is 0 Å².